The van der Waals surface area contributed by atoms with Crippen LogP contribution in [0, 0.1) is 0 Å². The van der Waals surface area contributed by atoms with E-state index in [1.807, 2.05) is 0 Å². The van der Waals surface area contributed by atoms with Crippen molar-refractivity contribution in [3.63, 3.8) is 0 Å². The van der Waals surface area contributed by atoms with Crippen LogP contribution in [0.15, 0.2) is 30.5 Å². The van der Waals surface area contributed by atoms with Gasteiger partial charge in [0.15, 0.2) is 15.7 Å². The number of carbonyl (C=O) groups excluding carboxylic acids is 2. The number of alkyl halides is 3. The van der Waals surface area contributed by atoms with Gasteiger partial charge in [-0.15, -0.1) is 5.10 Å². The summed E-state index contributed by atoms with van der Waals surface area (Å²) in [5.41, 5.74) is -0.364. The first-order valence-corrected chi connectivity index (χ1v) is 15.6. The molecule has 0 aliphatic carbocycles. The normalized spacial score (nSPS) is 21.2. The number of benzene rings is 1. The second-order valence-electron chi connectivity index (χ2n) is 11.1. The molecule has 0 saturated carbocycles. The Morgan fingerprint density at radius 3 is 2.46 bits per heavy atom. The van der Waals surface area contributed by atoms with Crippen LogP contribution in [0.3, 0.4) is 0 Å². The van der Waals surface area contributed by atoms with Crippen LogP contribution in [0.2, 0.25) is 0 Å². The average Bonchev–Trinajstić information content (AvgIpc) is 3.52. The van der Waals surface area contributed by atoms with E-state index in [9.17, 15) is 31.2 Å². The SMILES string of the molecule is CC(=O)Nc1ccn(C(=O)N2CCC3(CCCN3Cc3ccc(C(F)(F)F)cc3OC3CCS(=O)(=O)CC3)CC2)n1. The smallest absolute Gasteiger partial charge is 0.416 e. The van der Waals surface area contributed by atoms with Crippen LogP contribution in [0.25, 0.3) is 0 Å². The Kier molecular flexibility index (Phi) is 8.07. The molecule has 41 heavy (non-hydrogen) atoms. The van der Waals surface area contributed by atoms with E-state index in [0.717, 1.165) is 31.5 Å². The van der Waals surface area contributed by atoms with Crippen molar-refractivity contribution in [2.75, 3.05) is 36.5 Å². The van der Waals surface area contributed by atoms with E-state index in [-0.39, 0.29) is 47.6 Å². The zero-order valence-electron chi connectivity index (χ0n) is 22.8. The lowest BCUT2D eigenvalue weighted by Crippen LogP contribution is -2.53. The van der Waals surface area contributed by atoms with Crippen molar-refractivity contribution >= 4 is 27.6 Å². The van der Waals surface area contributed by atoms with Crippen LogP contribution in [-0.4, -0.2) is 82.7 Å². The molecule has 224 valence electrons. The zero-order chi connectivity index (χ0) is 29.4. The van der Waals surface area contributed by atoms with Gasteiger partial charge in [-0.25, -0.2) is 13.2 Å². The third-order valence-electron chi connectivity index (χ3n) is 8.35. The van der Waals surface area contributed by atoms with Crippen molar-refractivity contribution < 1.29 is 35.9 Å². The molecule has 0 bridgehead atoms. The molecule has 3 fully saturated rings. The highest BCUT2D eigenvalue weighted by atomic mass is 32.2. The van der Waals surface area contributed by atoms with Gasteiger partial charge in [0.25, 0.3) is 0 Å². The molecule has 1 aromatic carbocycles. The van der Waals surface area contributed by atoms with Gasteiger partial charge in [-0.1, -0.05) is 6.07 Å². The van der Waals surface area contributed by atoms with Gasteiger partial charge in [-0.2, -0.15) is 17.9 Å². The van der Waals surface area contributed by atoms with E-state index >= 15 is 0 Å². The molecule has 3 aliphatic rings. The lowest BCUT2D eigenvalue weighted by molar-refractivity contribution is -0.137. The van der Waals surface area contributed by atoms with Gasteiger partial charge in [0.2, 0.25) is 5.91 Å². The maximum Gasteiger partial charge on any atom is 0.416 e. The number of amides is 2. The van der Waals surface area contributed by atoms with Crippen LogP contribution >= 0.6 is 0 Å². The summed E-state index contributed by atoms with van der Waals surface area (Å²) in [6.45, 7) is 3.52. The number of hydrogen-bond donors (Lipinski definition) is 1. The van der Waals surface area contributed by atoms with Crippen LogP contribution in [0.5, 0.6) is 5.75 Å². The van der Waals surface area contributed by atoms with Crippen molar-refractivity contribution in [1.82, 2.24) is 19.6 Å². The number of sulfone groups is 1. The third-order valence-corrected chi connectivity index (χ3v) is 10.1. The number of ether oxygens (including phenoxy) is 1. The van der Waals surface area contributed by atoms with E-state index in [1.54, 1.807) is 11.0 Å². The van der Waals surface area contributed by atoms with Gasteiger partial charge in [-0.3, -0.25) is 9.69 Å². The molecule has 14 heteroatoms. The second-order valence-corrected chi connectivity index (χ2v) is 13.4. The summed E-state index contributed by atoms with van der Waals surface area (Å²) in [5.74, 6) is 0.0860. The molecule has 0 radical (unpaired) electrons. The summed E-state index contributed by atoms with van der Waals surface area (Å²) in [5, 5.41) is 6.68. The summed E-state index contributed by atoms with van der Waals surface area (Å²) in [7, 11) is -3.14. The predicted molar refractivity (Wildman–Crippen MR) is 144 cm³/mol. The number of hydrogen-bond acceptors (Lipinski definition) is 7. The predicted octanol–water partition coefficient (Wildman–Crippen LogP) is 3.92. The average molecular weight is 598 g/mol. The Morgan fingerprint density at radius 1 is 1.10 bits per heavy atom. The largest absolute Gasteiger partial charge is 0.490 e. The van der Waals surface area contributed by atoms with Crippen LogP contribution in [0.4, 0.5) is 23.8 Å². The lowest BCUT2D eigenvalue weighted by atomic mass is 9.84. The first-order chi connectivity index (χ1) is 19.3. The van der Waals surface area contributed by atoms with Gasteiger partial charge in [0, 0.05) is 49.9 Å². The Bertz CT molecular complexity index is 1390. The van der Waals surface area contributed by atoms with E-state index in [0.29, 0.717) is 43.9 Å². The van der Waals surface area contributed by atoms with Crippen molar-refractivity contribution in [3.05, 3.63) is 41.6 Å². The third kappa shape index (κ3) is 6.69. The van der Waals surface area contributed by atoms with Gasteiger partial charge >= 0.3 is 12.2 Å². The second kappa shape index (κ2) is 11.3. The minimum atomic E-state index is -4.53. The number of likely N-dealkylation sites (tertiary alicyclic amines) is 2. The minimum Gasteiger partial charge on any atom is -0.490 e. The number of nitrogens with one attached hydrogen (secondary N) is 1. The number of aromatic nitrogens is 2. The highest BCUT2D eigenvalue weighted by Gasteiger charge is 2.44. The number of nitrogens with zero attached hydrogens (tertiary/aromatic N) is 4. The molecule has 0 unspecified atom stereocenters. The highest BCUT2D eigenvalue weighted by Crippen LogP contribution is 2.41. The summed E-state index contributed by atoms with van der Waals surface area (Å²) < 4.78 is 71.6. The van der Waals surface area contributed by atoms with Gasteiger partial charge in [0.05, 0.1) is 17.1 Å². The van der Waals surface area contributed by atoms with Gasteiger partial charge in [-0.05, 0) is 57.2 Å². The molecule has 2 aromatic rings. The molecular weight excluding hydrogens is 563 g/mol. The molecule has 0 atom stereocenters. The summed E-state index contributed by atoms with van der Waals surface area (Å²) in [4.78, 5) is 28.3. The Hall–Kier alpha value is -3.13. The Labute approximate surface area is 236 Å². The Morgan fingerprint density at radius 2 is 1.80 bits per heavy atom. The fourth-order valence-corrected chi connectivity index (χ4v) is 7.53. The van der Waals surface area contributed by atoms with Crippen molar-refractivity contribution in [2.45, 2.75) is 69.8 Å². The van der Waals surface area contributed by atoms with Crippen LogP contribution in [-0.2, 0) is 27.4 Å². The molecule has 2 amide bonds. The molecular formula is C27H34F3N5O5S. The molecule has 4 heterocycles. The van der Waals surface area contributed by atoms with E-state index in [2.05, 4.69) is 15.3 Å². The molecule has 10 nitrogen and oxygen atoms in total. The Balaban J connectivity index is 1.28. The molecule has 3 aliphatic heterocycles. The topological polar surface area (TPSA) is 114 Å². The van der Waals surface area contributed by atoms with Gasteiger partial charge < -0.3 is 15.0 Å². The van der Waals surface area contributed by atoms with E-state index < -0.39 is 27.7 Å². The molecule has 3 saturated heterocycles. The number of piperidine rings is 1. The fraction of sp³-hybridized carbons (Fsp3) is 0.593. The minimum absolute atomic E-state index is 0.0382. The molecule has 1 aromatic heterocycles. The number of rotatable bonds is 5. The fourth-order valence-electron chi connectivity index (χ4n) is 6.09. The summed E-state index contributed by atoms with van der Waals surface area (Å²) in [6, 6.07) is 4.83. The van der Waals surface area contributed by atoms with Gasteiger partial charge in [0.1, 0.15) is 11.9 Å². The lowest BCUT2D eigenvalue weighted by Gasteiger charge is -2.45. The summed E-state index contributed by atoms with van der Waals surface area (Å²) in [6.07, 6.45) is 0.273. The van der Waals surface area contributed by atoms with Crippen LogP contribution < -0.4 is 10.1 Å². The maximum atomic E-state index is 13.5. The highest BCUT2D eigenvalue weighted by molar-refractivity contribution is 7.91. The molecule has 1 spiro atoms. The summed E-state index contributed by atoms with van der Waals surface area (Å²) >= 11 is 0. The molecule has 5 rings (SSSR count). The first kappa shape index (κ1) is 29.4. The first-order valence-electron chi connectivity index (χ1n) is 13.8. The van der Waals surface area contributed by atoms with Crippen molar-refractivity contribution in [3.8, 4) is 5.75 Å². The molecule has 1 N–H and O–H groups in total. The monoisotopic (exact) mass is 597 g/mol. The van der Waals surface area contributed by atoms with Crippen LogP contribution in [0.1, 0.15) is 56.6 Å². The number of anilines is 1. The number of halogens is 3. The zero-order valence-corrected chi connectivity index (χ0v) is 23.6. The van der Waals surface area contributed by atoms with E-state index in [1.165, 1.54) is 23.9 Å². The standard InChI is InChI=1S/C27H34F3N5O5S/c1-19(36)31-24-5-12-35(32-24)25(37)33-13-9-26(10-14-33)8-2-11-34(26)18-20-3-4-21(27(28,29)30)17-23(20)40-22-6-15-41(38,39)16-7-22/h3-5,12,17,22H,2,6-11,13-16,18H2,1H3,(H,31,32,36). The number of carbonyl (C=O) groups is 2. The van der Waals surface area contributed by atoms with Crippen molar-refractivity contribution in [1.29, 1.82) is 0 Å². The van der Waals surface area contributed by atoms with Crippen molar-refractivity contribution in [2.24, 2.45) is 0 Å². The quantitative estimate of drug-likeness (QED) is 0.556. The van der Waals surface area contributed by atoms with E-state index in [4.69, 9.17) is 4.74 Å². The maximum absolute atomic E-state index is 13.5.